The van der Waals surface area contributed by atoms with Gasteiger partial charge in [0.1, 0.15) is 24.2 Å². The van der Waals surface area contributed by atoms with Gasteiger partial charge in [0.25, 0.3) is 5.91 Å². The number of nitrogens with one attached hydrogen (secondary N) is 1. The molecule has 0 aliphatic heterocycles. The van der Waals surface area contributed by atoms with Crippen molar-refractivity contribution in [2.45, 2.75) is 6.54 Å². The maximum absolute atomic E-state index is 12.6. The standard InChI is InChI=1S/C21H19N5O3S/c1-28-16-7-8-19(29-2)17(9-16)18-11-30-21(24-18)25-20(27)15-5-3-14(4-6-15)10-26-13-22-12-23-26/h3-9,11-13H,10H2,1-2H3,(H,24,25,27). The van der Waals surface area contributed by atoms with Gasteiger partial charge in [-0.25, -0.2) is 14.6 Å². The molecule has 0 saturated heterocycles. The van der Waals surface area contributed by atoms with E-state index in [9.17, 15) is 4.79 Å². The summed E-state index contributed by atoms with van der Waals surface area (Å²) in [5.74, 6) is 1.16. The summed E-state index contributed by atoms with van der Waals surface area (Å²) < 4.78 is 12.4. The first-order valence-electron chi connectivity index (χ1n) is 9.07. The van der Waals surface area contributed by atoms with Crippen LogP contribution in [0.2, 0.25) is 0 Å². The highest BCUT2D eigenvalue weighted by Crippen LogP contribution is 2.35. The first-order valence-corrected chi connectivity index (χ1v) is 9.95. The number of anilines is 1. The Bertz CT molecular complexity index is 1140. The minimum atomic E-state index is -0.221. The Morgan fingerprint density at radius 3 is 2.67 bits per heavy atom. The van der Waals surface area contributed by atoms with Crippen molar-refractivity contribution in [1.82, 2.24) is 19.7 Å². The van der Waals surface area contributed by atoms with E-state index in [0.29, 0.717) is 34.4 Å². The quantitative estimate of drug-likeness (QED) is 0.489. The van der Waals surface area contributed by atoms with Crippen molar-refractivity contribution in [3.63, 3.8) is 0 Å². The van der Waals surface area contributed by atoms with E-state index < -0.39 is 0 Å². The van der Waals surface area contributed by atoms with Gasteiger partial charge in [-0.05, 0) is 35.9 Å². The summed E-state index contributed by atoms with van der Waals surface area (Å²) in [4.78, 5) is 21.0. The van der Waals surface area contributed by atoms with Gasteiger partial charge in [0.2, 0.25) is 0 Å². The number of carbonyl (C=O) groups excluding carboxylic acids is 1. The van der Waals surface area contributed by atoms with Crippen LogP contribution in [0, 0.1) is 0 Å². The fraction of sp³-hybridized carbons (Fsp3) is 0.143. The fourth-order valence-corrected chi connectivity index (χ4v) is 3.61. The van der Waals surface area contributed by atoms with Gasteiger partial charge in [-0.1, -0.05) is 12.1 Å². The summed E-state index contributed by atoms with van der Waals surface area (Å²) >= 11 is 1.35. The molecular weight excluding hydrogens is 402 g/mol. The van der Waals surface area contributed by atoms with E-state index in [2.05, 4.69) is 20.4 Å². The Hall–Kier alpha value is -3.72. The summed E-state index contributed by atoms with van der Waals surface area (Å²) in [5, 5.41) is 9.30. The smallest absolute Gasteiger partial charge is 0.257 e. The lowest BCUT2D eigenvalue weighted by Crippen LogP contribution is -2.11. The lowest BCUT2D eigenvalue weighted by Gasteiger charge is -2.08. The minimum absolute atomic E-state index is 0.221. The number of hydrogen-bond donors (Lipinski definition) is 1. The van der Waals surface area contributed by atoms with Crippen molar-refractivity contribution in [3.8, 4) is 22.8 Å². The average molecular weight is 421 g/mol. The van der Waals surface area contributed by atoms with Gasteiger partial charge in [-0.2, -0.15) is 5.10 Å². The molecule has 1 amide bonds. The molecule has 1 N–H and O–H groups in total. The predicted octanol–water partition coefficient (Wildman–Crippen LogP) is 3.72. The normalized spacial score (nSPS) is 10.6. The maximum Gasteiger partial charge on any atom is 0.257 e. The second-order valence-corrected chi connectivity index (χ2v) is 7.21. The van der Waals surface area contributed by atoms with Gasteiger partial charge in [0.05, 0.1) is 26.5 Å². The molecule has 152 valence electrons. The first-order chi connectivity index (χ1) is 14.7. The summed E-state index contributed by atoms with van der Waals surface area (Å²) in [5.41, 5.74) is 3.08. The first kappa shape index (κ1) is 19.6. The summed E-state index contributed by atoms with van der Waals surface area (Å²) in [6.07, 6.45) is 3.14. The zero-order valence-electron chi connectivity index (χ0n) is 16.4. The van der Waals surface area contributed by atoms with E-state index in [1.807, 2.05) is 35.7 Å². The zero-order chi connectivity index (χ0) is 20.9. The van der Waals surface area contributed by atoms with Crippen molar-refractivity contribution < 1.29 is 14.3 Å². The molecule has 2 aromatic carbocycles. The molecule has 0 radical (unpaired) electrons. The van der Waals surface area contributed by atoms with Crippen LogP contribution in [0.15, 0.2) is 60.5 Å². The monoisotopic (exact) mass is 421 g/mol. The number of nitrogens with zero attached hydrogens (tertiary/aromatic N) is 4. The van der Waals surface area contributed by atoms with Crippen LogP contribution >= 0.6 is 11.3 Å². The third-order valence-electron chi connectivity index (χ3n) is 4.43. The molecule has 2 heterocycles. The predicted molar refractivity (Wildman–Crippen MR) is 114 cm³/mol. The Kier molecular flexibility index (Phi) is 5.71. The second-order valence-electron chi connectivity index (χ2n) is 6.35. The lowest BCUT2D eigenvalue weighted by atomic mass is 10.1. The van der Waals surface area contributed by atoms with Crippen molar-refractivity contribution >= 4 is 22.4 Å². The highest BCUT2D eigenvalue weighted by Gasteiger charge is 2.14. The van der Waals surface area contributed by atoms with Crippen LogP contribution in [0.1, 0.15) is 15.9 Å². The number of thiazole rings is 1. The number of ether oxygens (including phenoxy) is 2. The average Bonchev–Trinajstić information content (AvgIpc) is 3.46. The second kappa shape index (κ2) is 8.75. The van der Waals surface area contributed by atoms with Crippen LogP contribution < -0.4 is 14.8 Å². The number of benzene rings is 2. The van der Waals surface area contributed by atoms with Crippen molar-refractivity contribution in [2.75, 3.05) is 19.5 Å². The van der Waals surface area contributed by atoms with Crippen LogP contribution in [0.5, 0.6) is 11.5 Å². The molecule has 0 saturated carbocycles. The molecule has 8 nitrogen and oxygen atoms in total. The number of amides is 1. The summed E-state index contributed by atoms with van der Waals surface area (Å²) in [6.45, 7) is 0.597. The molecule has 4 rings (SSSR count). The molecule has 4 aromatic rings. The van der Waals surface area contributed by atoms with E-state index in [-0.39, 0.29) is 5.91 Å². The molecule has 0 fully saturated rings. The van der Waals surface area contributed by atoms with Crippen LogP contribution in [-0.4, -0.2) is 39.9 Å². The van der Waals surface area contributed by atoms with Gasteiger partial charge in [0.15, 0.2) is 5.13 Å². The molecule has 2 aromatic heterocycles. The van der Waals surface area contributed by atoms with Crippen molar-refractivity contribution in [2.24, 2.45) is 0 Å². The van der Waals surface area contributed by atoms with E-state index in [4.69, 9.17) is 9.47 Å². The third kappa shape index (κ3) is 4.31. The van der Waals surface area contributed by atoms with E-state index in [0.717, 1.165) is 11.1 Å². The van der Waals surface area contributed by atoms with E-state index >= 15 is 0 Å². The Morgan fingerprint density at radius 1 is 1.13 bits per heavy atom. The van der Waals surface area contributed by atoms with Crippen LogP contribution in [0.25, 0.3) is 11.3 Å². The number of rotatable bonds is 7. The van der Waals surface area contributed by atoms with Crippen LogP contribution in [-0.2, 0) is 6.54 Å². The molecular formula is C21H19N5O3S. The molecule has 0 atom stereocenters. The highest BCUT2D eigenvalue weighted by atomic mass is 32.1. The minimum Gasteiger partial charge on any atom is -0.497 e. The fourth-order valence-electron chi connectivity index (χ4n) is 2.90. The van der Waals surface area contributed by atoms with Crippen LogP contribution in [0.4, 0.5) is 5.13 Å². The molecule has 0 bridgehead atoms. The van der Waals surface area contributed by atoms with Gasteiger partial charge in [-0.3, -0.25) is 10.1 Å². The number of aromatic nitrogens is 4. The number of hydrogen-bond acceptors (Lipinski definition) is 7. The van der Waals surface area contributed by atoms with Gasteiger partial charge in [0, 0.05) is 16.5 Å². The van der Waals surface area contributed by atoms with E-state index in [1.165, 1.54) is 17.7 Å². The van der Waals surface area contributed by atoms with Crippen LogP contribution in [0.3, 0.4) is 0 Å². The third-order valence-corrected chi connectivity index (χ3v) is 5.19. The topological polar surface area (TPSA) is 91.2 Å². The van der Waals surface area contributed by atoms with Crippen molar-refractivity contribution in [3.05, 3.63) is 71.6 Å². The van der Waals surface area contributed by atoms with Gasteiger partial charge < -0.3 is 9.47 Å². The molecule has 30 heavy (non-hydrogen) atoms. The Balaban J connectivity index is 1.47. The summed E-state index contributed by atoms with van der Waals surface area (Å²) in [7, 11) is 3.21. The van der Waals surface area contributed by atoms with Gasteiger partial charge in [-0.15, -0.1) is 11.3 Å². The molecule has 9 heteroatoms. The maximum atomic E-state index is 12.6. The molecule has 0 aliphatic carbocycles. The Morgan fingerprint density at radius 2 is 1.97 bits per heavy atom. The number of methoxy groups -OCH3 is 2. The zero-order valence-corrected chi connectivity index (χ0v) is 17.2. The van der Waals surface area contributed by atoms with E-state index in [1.54, 1.807) is 37.4 Å². The van der Waals surface area contributed by atoms with Crippen molar-refractivity contribution in [1.29, 1.82) is 0 Å². The highest BCUT2D eigenvalue weighted by molar-refractivity contribution is 7.14. The molecule has 0 aliphatic rings. The molecule has 0 unspecified atom stereocenters. The SMILES string of the molecule is COc1ccc(OC)c(-c2csc(NC(=O)c3ccc(Cn4cncn4)cc3)n2)c1. The lowest BCUT2D eigenvalue weighted by molar-refractivity contribution is 0.102. The summed E-state index contributed by atoms with van der Waals surface area (Å²) in [6, 6.07) is 12.8. The Labute approximate surface area is 177 Å². The largest absolute Gasteiger partial charge is 0.497 e. The molecule has 0 spiro atoms. The number of carbonyl (C=O) groups is 1. The van der Waals surface area contributed by atoms with Gasteiger partial charge >= 0.3 is 0 Å².